The number of rotatable bonds is 0. The third-order valence-corrected chi connectivity index (χ3v) is 2.05. The maximum atomic E-state index is 4.12. The van der Waals surface area contributed by atoms with E-state index in [2.05, 4.69) is 10.2 Å². The van der Waals surface area contributed by atoms with E-state index in [1.807, 2.05) is 109 Å². The zero-order chi connectivity index (χ0) is 17.2. The number of hydrogen-bond donors (Lipinski definition) is 0. The van der Waals surface area contributed by atoms with Gasteiger partial charge >= 0.3 is 0 Å². The molecular formula is C19H31N3. The minimum absolute atomic E-state index is 0.949. The van der Waals surface area contributed by atoms with Crippen LogP contribution in [0.5, 0.6) is 0 Å². The largest absolute Gasteiger partial charge is 0.187 e. The molecule has 0 bridgehead atoms. The first kappa shape index (κ1) is 22.1. The summed E-state index contributed by atoms with van der Waals surface area (Å²) in [5, 5.41) is 8.24. The summed E-state index contributed by atoms with van der Waals surface area (Å²) in [6.07, 6.45) is 0. The van der Waals surface area contributed by atoms with Crippen molar-refractivity contribution in [3.8, 4) is 0 Å². The zero-order valence-corrected chi connectivity index (χ0v) is 15.1. The van der Waals surface area contributed by atoms with Crippen LogP contribution < -0.4 is 0 Å². The van der Waals surface area contributed by atoms with Crippen LogP contribution in [0, 0.1) is 0 Å². The molecule has 0 N–H and O–H groups in total. The molecule has 3 aromatic rings. The monoisotopic (exact) mass is 301 g/mol. The summed E-state index contributed by atoms with van der Waals surface area (Å²) in [5.41, 5.74) is 1.90. The maximum absolute atomic E-state index is 4.12. The zero-order valence-electron chi connectivity index (χ0n) is 15.1. The number of nitrogens with zero attached hydrogens (tertiary/aromatic N) is 3. The highest BCUT2D eigenvalue weighted by Gasteiger charge is 1.94. The molecule has 0 aliphatic rings. The second kappa shape index (κ2) is 16.9. The summed E-state index contributed by atoms with van der Waals surface area (Å²) in [5.74, 6) is 0. The van der Waals surface area contributed by atoms with Gasteiger partial charge < -0.3 is 0 Å². The molecule has 0 fully saturated rings. The quantitative estimate of drug-likeness (QED) is 0.530. The van der Waals surface area contributed by atoms with E-state index in [0.29, 0.717) is 0 Å². The van der Waals surface area contributed by atoms with E-state index in [0.717, 1.165) is 11.0 Å². The number of hydrogen-bond acceptors (Lipinski definition) is 2. The van der Waals surface area contributed by atoms with E-state index in [9.17, 15) is 0 Å². The van der Waals surface area contributed by atoms with Crippen molar-refractivity contribution in [2.75, 3.05) is 0 Å². The molecule has 3 rings (SSSR count). The normalized spacial score (nSPS) is 7.77. The Balaban J connectivity index is 0. The third-order valence-electron chi connectivity index (χ3n) is 2.05. The molecule has 22 heavy (non-hydrogen) atoms. The van der Waals surface area contributed by atoms with Gasteiger partial charge in [-0.05, 0) is 12.1 Å². The molecule has 0 aliphatic carbocycles. The van der Waals surface area contributed by atoms with Gasteiger partial charge in [0.25, 0.3) is 0 Å². The molecule has 1 aromatic heterocycles. The Hall–Kier alpha value is -2.16. The highest BCUT2D eigenvalue weighted by Crippen LogP contribution is 2.05. The van der Waals surface area contributed by atoms with E-state index in [1.54, 1.807) is 4.80 Å². The Morgan fingerprint density at radius 1 is 0.545 bits per heavy atom. The maximum Gasteiger partial charge on any atom is 0.113 e. The molecule has 1 heterocycles. The number of benzene rings is 2. The lowest BCUT2D eigenvalue weighted by Crippen LogP contribution is -1.90. The Kier molecular flexibility index (Phi) is 17.0. The van der Waals surface area contributed by atoms with Gasteiger partial charge in [0, 0.05) is 7.05 Å². The fourth-order valence-electron chi connectivity index (χ4n) is 1.35. The number of aryl methyl sites for hydroxylation is 1. The molecule has 0 radical (unpaired) electrons. The SMILES string of the molecule is CC.CC.CC.Cn1nc2ccccc2n1.c1ccccc1. The molecule has 122 valence electrons. The van der Waals surface area contributed by atoms with E-state index in [-0.39, 0.29) is 0 Å². The van der Waals surface area contributed by atoms with Crippen molar-refractivity contribution < 1.29 is 0 Å². The second-order valence-electron chi connectivity index (χ2n) is 3.33. The Bertz CT molecular complexity index is 485. The van der Waals surface area contributed by atoms with E-state index in [1.165, 1.54) is 0 Å². The lowest BCUT2D eigenvalue weighted by atomic mass is 10.3. The smallest absolute Gasteiger partial charge is 0.113 e. The fourth-order valence-corrected chi connectivity index (χ4v) is 1.35. The van der Waals surface area contributed by atoms with Crippen molar-refractivity contribution in [2.45, 2.75) is 41.5 Å². The van der Waals surface area contributed by atoms with Gasteiger partial charge in [-0.25, -0.2) is 0 Å². The first-order valence-electron chi connectivity index (χ1n) is 8.12. The van der Waals surface area contributed by atoms with Crippen LogP contribution >= 0.6 is 0 Å². The molecule has 0 spiro atoms. The van der Waals surface area contributed by atoms with Gasteiger partial charge in [-0.1, -0.05) is 90.1 Å². The van der Waals surface area contributed by atoms with Gasteiger partial charge in [0.05, 0.1) is 0 Å². The second-order valence-corrected chi connectivity index (χ2v) is 3.33. The molecule has 3 nitrogen and oxygen atoms in total. The van der Waals surface area contributed by atoms with Crippen molar-refractivity contribution in [3.63, 3.8) is 0 Å². The molecule has 3 heteroatoms. The average Bonchev–Trinajstić information content (AvgIpc) is 3.02. The third kappa shape index (κ3) is 9.70. The molecule has 0 saturated heterocycles. The van der Waals surface area contributed by atoms with Crippen molar-refractivity contribution in [1.82, 2.24) is 15.0 Å². The van der Waals surface area contributed by atoms with E-state index >= 15 is 0 Å². The van der Waals surface area contributed by atoms with Crippen molar-refractivity contribution in [2.24, 2.45) is 7.05 Å². The van der Waals surface area contributed by atoms with Gasteiger partial charge in [0.15, 0.2) is 0 Å². The van der Waals surface area contributed by atoms with Crippen LogP contribution in [-0.4, -0.2) is 15.0 Å². The van der Waals surface area contributed by atoms with E-state index in [4.69, 9.17) is 0 Å². The predicted octanol–water partition coefficient (Wildman–Crippen LogP) is 5.73. The molecule has 2 aromatic carbocycles. The fraction of sp³-hybridized carbons (Fsp3) is 0.368. The molecule has 0 saturated carbocycles. The number of aromatic nitrogens is 3. The van der Waals surface area contributed by atoms with E-state index < -0.39 is 0 Å². The van der Waals surface area contributed by atoms with Crippen molar-refractivity contribution in [1.29, 1.82) is 0 Å². The number of fused-ring (bicyclic) bond motifs is 1. The van der Waals surface area contributed by atoms with Gasteiger partial charge in [-0.2, -0.15) is 15.0 Å². The first-order valence-corrected chi connectivity index (χ1v) is 8.12. The van der Waals surface area contributed by atoms with Crippen LogP contribution in [0.1, 0.15) is 41.5 Å². The van der Waals surface area contributed by atoms with Crippen LogP contribution in [0.2, 0.25) is 0 Å². The lowest BCUT2D eigenvalue weighted by molar-refractivity contribution is 0.665. The lowest BCUT2D eigenvalue weighted by Gasteiger charge is -1.78. The van der Waals surface area contributed by atoms with Gasteiger partial charge in [-0.3, -0.25) is 0 Å². The van der Waals surface area contributed by atoms with Crippen LogP contribution in [0.15, 0.2) is 60.7 Å². The standard InChI is InChI=1S/C7H7N3.C6H6.3C2H6/c1-10-8-6-4-2-3-5-7(6)9-10;1-2-4-6-5-3-1;3*1-2/h2-5H,1H3;1-6H;3*1-2H3. The average molecular weight is 301 g/mol. The highest BCUT2D eigenvalue weighted by molar-refractivity contribution is 5.72. The molecule has 0 unspecified atom stereocenters. The predicted molar refractivity (Wildman–Crippen MR) is 99.0 cm³/mol. The van der Waals surface area contributed by atoms with Crippen molar-refractivity contribution >= 4 is 11.0 Å². The minimum atomic E-state index is 0.949. The van der Waals surface area contributed by atoms with Crippen LogP contribution in [0.25, 0.3) is 11.0 Å². The summed E-state index contributed by atoms with van der Waals surface area (Å²) >= 11 is 0. The topological polar surface area (TPSA) is 30.7 Å². The highest BCUT2D eigenvalue weighted by atomic mass is 15.4. The summed E-state index contributed by atoms with van der Waals surface area (Å²) in [6.45, 7) is 12.0. The minimum Gasteiger partial charge on any atom is -0.187 e. The first-order chi connectivity index (χ1) is 10.9. The molecule has 0 aliphatic heterocycles. The molecule has 0 atom stereocenters. The molecular weight excluding hydrogens is 270 g/mol. The van der Waals surface area contributed by atoms with Gasteiger partial charge in [0.2, 0.25) is 0 Å². The summed E-state index contributed by atoms with van der Waals surface area (Å²) < 4.78 is 0. The summed E-state index contributed by atoms with van der Waals surface area (Å²) in [4.78, 5) is 1.57. The summed E-state index contributed by atoms with van der Waals surface area (Å²) in [7, 11) is 1.82. The van der Waals surface area contributed by atoms with Crippen LogP contribution in [0.4, 0.5) is 0 Å². The Morgan fingerprint density at radius 2 is 0.818 bits per heavy atom. The van der Waals surface area contributed by atoms with Gasteiger partial charge in [-0.15, -0.1) is 0 Å². The summed E-state index contributed by atoms with van der Waals surface area (Å²) in [6, 6.07) is 19.8. The Labute approximate surface area is 136 Å². The van der Waals surface area contributed by atoms with Gasteiger partial charge in [0.1, 0.15) is 11.0 Å². The Morgan fingerprint density at radius 3 is 1.09 bits per heavy atom. The van der Waals surface area contributed by atoms with Crippen LogP contribution in [0.3, 0.4) is 0 Å². The van der Waals surface area contributed by atoms with Crippen LogP contribution in [-0.2, 0) is 7.05 Å². The van der Waals surface area contributed by atoms with Crippen molar-refractivity contribution in [3.05, 3.63) is 60.7 Å². The molecule has 0 amide bonds.